The highest BCUT2D eigenvalue weighted by Crippen LogP contribution is 2.31. The van der Waals surface area contributed by atoms with Crippen LogP contribution in [0.15, 0.2) is 16.6 Å². The van der Waals surface area contributed by atoms with Crippen LogP contribution in [0.3, 0.4) is 0 Å². The number of carbonyl (C=O) groups excluding carboxylic acids is 1. The van der Waals surface area contributed by atoms with Crippen molar-refractivity contribution in [2.45, 2.75) is 27.2 Å². The first-order valence-corrected chi connectivity index (χ1v) is 5.82. The average molecular weight is 271 g/mol. The van der Waals surface area contributed by atoms with Crippen molar-refractivity contribution in [2.75, 3.05) is 0 Å². The molecule has 1 rings (SSSR count). The van der Waals surface area contributed by atoms with Gasteiger partial charge in [-0.2, -0.15) is 0 Å². The smallest absolute Gasteiger partial charge is 0.169 e. The van der Waals surface area contributed by atoms with E-state index in [9.17, 15) is 9.90 Å². The lowest BCUT2D eigenvalue weighted by Gasteiger charge is -2.10. The molecular weight excluding hydrogens is 256 g/mol. The van der Waals surface area contributed by atoms with Crippen LogP contribution >= 0.6 is 15.9 Å². The molecule has 0 saturated carbocycles. The largest absolute Gasteiger partial charge is 0.506 e. The number of carbonyl (C=O) groups is 1. The molecule has 1 aromatic rings. The average Bonchev–Trinajstić information content (AvgIpc) is 2.20. The molecule has 0 radical (unpaired) electrons. The Morgan fingerprint density at radius 1 is 1.47 bits per heavy atom. The Morgan fingerprint density at radius 3 is 2.53 bits per heavy atom. The Morgan fingerprint density at radius 2 is 2.07 bits per heavy atom. The van der Waals surface area contributed by atoms with E-state index in [1.165, 1.54) is 0 Å². The summed E-state index contributed by atoms with van der Waals surface area (Å²) in [5.74, 6) is -0.0793. The molecule has 1 N–H and O–H groups in total. The van der Waals surface area contributed by atoms with Crippen molar-refractivity contribution >= 4 is 21.7 Å². The quantitative estimate of drug-likeness (QED) is 0.853. The zero-order chi connectivity index (χ0) is 11.6. The number of hydrogen-bond acceptors (Lipinski definition) is 2. The Balaban J connectivity index is 3.27. The van der Waals surface area contributed by atoms with Gasteiger partial charge >= 0.3 is 0 Å². The molecule has 1 aromatic carbocycles. The van der Waals surface area contributed by atoms with Crippen LogP contribution in [0.2, 0.25) is 0 Å². The van der Waals surface area contributed by atoms with Gasteiger partial charge in [-0.1, -0.05) is 20.8 Å². The summed E-state index contributed by atoms with van der Waals surface area (Å²) in [7, 11) is 0. The highest BCUT2D eigenvalue weighted by atomic mass is 79.9. The highest BCUT2D eigenvalue weighted by molar-refractivity contribution is 9.10. The first kappa shape index (κ1) is 12.2. The van der Waals surface area contributed by atoms with Gasteiger partial charge in [-0.05, 0) is 40.0 Å². The van der Waals surface area contributed by atoms with E-state index < -0.39 is 0 Å². The summed E-state index contributed by atoms with van der Waals surface area (Å²) in [6, 6.07) is 3.61. The Bertz CT molecular complexity index is 383. The maximum Gasteiger partial charge on any atom is 0.169 e. The fourth-order valence-corrected chi connectivity index (χ4v) is 1.87. The maximum atomic E-state index is 11.8. The molecular formula is C12H15BrO2. The summed E-state index contributed by atoms with van der Waals surface area (Å²) in [4.78, 5) is 11.8. The molecule has 0 heterocycles. The first-order valence-electron chi connectivity index (χ1n) is 5.03. The second-order valence-electron chi connectivity index (χ2n) is 3.85. The van der Waals surface area contributed by atoms with Crippen LogP contribution in [0.5, 0.6) is 5.75 Å². The van der Waals surface area contributed by atoms with Crippen LogP contribution in [0.1, 0.15) is 36.7 Å². The van der Waals surface area contributed by atoms with Crippen LogP contribution in [-0.4, -0.2) is 10.9 Å². The van der Waals surface area contributed by atoms with Crippen molar-refractivity contribution < 1.29 is 9.90 Å². The Labute approximate surface area is 98.4 Å². The predicted octanol–water partition coefficient (Wildman–Crippen LogP) is 3.56. The molecule has 3 heteroatoms. The van der Waals surface area contributed by atoms with Crippen molar-refractivity contribution in [1.82, 2.24) is 0 Å². The molecule has 0 fully saturated rings. The molecule has 82 valence electrons. The number of phenols is 1. The van der Waals surface area contributed by atoms with E-state index in [4.69, 9.17) is 0 Å². The first-order chi connectivity index (χ1) is 6.97. The number of benzene rings is 1. The SMILES string of the molecule is CCc1cc(Br)c(O)c(C(=O)C(C)C)c1. The van der Waals surface area contributed by atoms with Crippen LogP contribution < -0.4 is 0 Å². The van der Waals surface area contributed by atoms with Gasteiger partial charge in [0.05, 0.1) is 10.0 Å². The highest BCUT2D eigenvalue weighted by Gasteiger charge is 2.17. The van der Waals surface area contributed by atoms with Crippen LogP contribution in [0, 0.1) is 5.92 Å². The van der Waals surface area contributed by atoms with Crippen molar-refractivity contribution in [2.24, 2.45) is 5.92 Å². The molecule has 0 amide bonds. The lowest BCUT2D eigenvalue weighted by Crippen LogP contribution is -2.08. The van der Waals surface area contributed by atoms with Crippen molar-refractivity contribution in [1.29, 1.82) is 0 Å². The van der Waals surface area contributed by atoms with E-state index in [0.29, 0.717) is 10.0 Å². The van der Waals surface area contributed by atoms with Gasteiger partial charge in [0.1, 0.15) is 5.75 Å². The molecule has 0 atom stereocenters. The fraction of sp³-hybridized carbons (Fsp3) is 0.417. The molecule has 0 aliphatic carbocycles. The monoisotopic (exact) mass is 270 g/mol. The van der Waals surface area contributed by atoms with Gasteiger partial charge in [0, 0.05) is 5.92 Å². The van der Waals surface area contributed by atoms with E-state index in [0.717, 1.165) is 12.0 Å². The lowest BCUT2D eigenvalue weighted by molar-refractivity contribution is 0.0936. The lowest BCUT2D eigenvalue weighted by atomic mass is 9.98. The number of aromatic hydroxyl groups is 1. The summed E-state index contributed by atoms with van der Waals surface area (Å²) in [6.07, 6.45) is 0.844. The third-order valence-electron chi connectivity index (χ3n) is 2.32. The van der Waals surface area contributed by atoms with Gasteiger partial charge in [-0.25, -0.2) is 0 Å². The van der Waals surface area contributed by atoms with Gasteiger partial charge in [0.25, 0.3) is 0 Å². The van der Waals surface area contributed by atoms with Crippen LogP contribution in [0.4, 0.5) is 0 Å². The number of ketones is 1. The normalized spacial score (nSPS) is 10.7. The third kappa shape index (κ3) is 2.59. The number of Topliss-reactive ketones (excluding diaryl/α,β-unsaturated/α-hetero) is 1. The molecule has 0 aliphatic rings. The standard InChI is InChI=1S/C12H15BrO2/c1-4-8-5-9(11(14)7(2)3)12(15)10(13)6-8/h5-7,15H,4H2,1-3H3. The number of halogens is 1. The number of aryl methyl sites for hydroxylation is 1. The van der Waals surface area contributed by atoms with E-state index in [2.05, 4.69) is 15.9 Å². The van der Waals surface area contributed by atoms with E-state index >= 15 is 0 Å². The van der Waals surface area contributed by atoms with Gasteiger partial charge in [0.2, 0.25) is 0 Å². The summed E-state index contributed by atoms with van der Waals surface area (Å²) in [6.45, 7) is 5.67. The predicted molar refractivity (Wildman–Crippen MR) is 64.4 cm³/mol. The second-order valence-corrected chi connectivity index (χ2v) is 4.70. The second kappa shape index (κ2) is 4.79. The van der Waals surface area contributed by atoms with Gasteiger partial charge in [-0.15, -0.1) is 0 Å². The zero-order valence-corrected chi connectivity index (χ0v) is 10.8. The summed E-state index contributed by atoms with van der Waals surface area (Å²) in [5.41, 5.74) is 1.46. The van der Waals surface area contributed by atoms with Crippen molar-refractivity contribution in [3.8, 4) is 5.75 Å². The Hall–Kier alpha value is -0.830. The maximum absolute atomic E-state index is 11.8. The molecule has 0 aromatic heterocycles. The molecule has 0 bridgehead atoms. The van der Waals surface area contributed by atoms with Crippen molar-refractivity contribution in [3.63, 3.8) is 0 Å². The summed E-state index contributed by atoms with van der Waals surface area (Å²) in [5, 5.41) is 9.77. The summed E-state index contributed by atoms with van der Waals surface area (Å²) >= 11 is 3.25. The molecule has 15 heavy (non-hydrogen) atoms. The van der Waals surface area contributed by atoms with Gasteiger partial charge in [-0.3, -0.25) is 4.79 Å². The van der Waals surface area contributed by atoms with Gasteiger partial charge < -0.3 is 5.11 Å². The fourth-order valence-electron chi connectivity index (χ4n) is 1.36. The van der Waals surface area contributed by atoms with E-state index in [1.807, 2.05) is 26.8 Å². The van der Waals surface area contributed by atoms with Crippen LogP contribution in [-0.2, 0) is 6.42 Å². The molecule has 0 unspecified atom stereocenters. The van der Waals surface area contributed by atoms with Crippen LogP contribution in [0.25, 0.3) is 0 Å². The van der Waals surface area contributed by atoms with E-state index in [1.54, 1.807) is 6.07 Å². The van der Waals surface area contributed by atoms with E-state index in [-0.39, 0.29) is 17.5 Å². The molecule has 2 nitrogen and oxygen atoms in total. The minimum Gasteiger partial charge on any atom is -0.506 e. The van der Waals surface area contributed by atoms with Crippen molar-refractivity contribution in [3.05, 3.63) is 27.7 Å². The zero-order valence-electron chi connectivity index (χ0n) is 9.17. The Kier molecular flexibility index (Phi) is 3.91. The number of hydrogen-bond donors (Lipinski definition) is 1. The molecule has 0 saturated heterocycles. The molecule has 0 aliphatic heterocycles. The van der Waals surface area contributed by atoms with Gasteiger partial charge in [0.15, 0.2) is 5.78 Å². The third-order valence-corrected chi connectivity index (χ3v) is 2.93. The topological polar surface area (TPSA) is 37.3 Å². The summed E-state index contributed by atoms with van der Waals surface area (Å²) < 4.78 is 0.589. The number of phenolic OH excluding ortho intramolecular Hbond substituents is 1. The number of rotatable bonds is 3. The molecule has 0 spiro atoms. The minimum absolute atomic E-state index is 0.0245. The minimum atomic E-state index is -0.102.